The molecule has 0 aliphatic carbocycles. The van der Waals surface area contributed by atoms with Crippen LogP contribution in [0.5, 0.6) is 5.75 Å². The Bertz CT molecular complexity index is 1160. The van der Waals surface area contributed by atoms with Crippen LogP contribution in [-0.2, 0) is 14.8 Å². The van der Waals surface area contributed by atoms with Gasteiger partial charge in [-0.2, -0.15) is 4.31 Å². The Hall–Kier alpha value is -2.90. The molecule has 3 aromatic rings. The molecule has 1 saturated heterocycles. The van der Waals surface area contributed by atoms with E-state index in [2.05, 4.69) is 5.32 Å². The molecule has 0 aromatic heterocycles. The van der Waals surface area contributed by atoms with E-state index in [-0.39, 0.29) is 10.8 Å². The standard InChI is InChI=1S/C24H26N2O4S/c1-2-22(30-23-11-7-9-18-8-3-4-10-21(18)23)24(27)25-19-12-14-20(15-13-19)31(28,29)26-16-5-6-17-26/h3-4,7-15,22H,2,5-6,16-17H2,1H3,(H,25,27)/t22-/m0/s1. The summed E-state index contributed by atoms with van der Waals surface area (Å²) in [6.07, 6.45) is 1.61. The third kappa shape index (κ3) is 4.57. The first-order valence-electron chi connectivity index (χ1n) is 10.5. The fourth-order valence-electron chi connectivity index (χ4n) is 3.78. The highest BCUT2D eigenvalue weighted by atomic mass is 32.2. The highest BCUT2D eigenvalue weighted by Gasteiger charge is 2.27. The summed E-state index contributed by atoms with van der Waals surface area (Å²) in [6.45, 7) is 3.01. The van der Waals surface area contributed by atoms with Crippen LogP contribution in [0.4, 0.5) is 5.69 Å². The largest absolute Gasteiger partial charge is 0.480 e. The molecule has 1 amide bonds. The third-order valence-electron chi connectivity index (χ3n) is 5.51. The maximum atomic E-state index is 12.8. The van der Waals surface area contributed by atoms with E-state index in [1.165, 1.54) is 16.4 Å². The first-order valence-corrected chi connectivity index (χ1v) is 12.0. The molecule has 3 aromatic carbocycles. The Kier molecular flexibility index (Phi) is 6.25. The summed E-state index contributed by atoms with van der Waals surface area (Å²) < 4.78 is 32.9. The zero-order chi connectivity index (χ0) is 21.8. The van der Waals surface area contributed by atoms with Crippen LogP contribution in [0, 0.1) is 0 Å². The number of nitrogens with zero attached hydrogens (tertiary/aromatic N) is 1. The van der Waals surface area contributed by atoms with Gasteiger partial charge in [0.25, 0.3) is 5.91 Å². The van der Waals surface area contributed by atoms with Crippen LogP contribution >= 0.6 is 0 Å². The van der Waals surface area contributed by atoms with Crippen LogP contribution in [0.2, 0.25) is 0 Å². The number of amides is 1. The van der Waals surface area contributed by atoms with Crippen molar-refractivity contribution in [3.63, 3.8) is 0 Å². The van der Waals surface area contributed by atoms with Gasteiger partial charge < -0.3 is 10.1 Å². The number of fused-ring (bicyclic) bond motifs is 1. The zero-order valence-corrected chi connectivity index (χ0v) is 18.3. The summed E-state index contributed by atoms with van der Waals surface area (Å²) >= 11 is 0. The number of rotatable bonds is 7. The number of hydrogen-bond donors (Lipinski definition) is 1. The molecular formula is C24H26N2O4S. The molecule has 7 heteroatoms. The number of sulfonamides is 1. The first-order chi connectivity index (χ1) is 15.0. The van der Waals surface area contributed by atoms with Gasteiger partial charge in [-0.1, -0.05) is 43.3 Å². The second-order valence-electron chi connectivity index (χ2n) is 7.62. The van der Waals surface area contributed by atoms with E-state index in [0.717, 1.165) is 23.6 Å². The number of ether oxygens (including phenoxy) is 1. The van der Waals surface area contributed by atoms with Crippen molar-refractivity contribution in [2.45, 2.75) is 37.2 Å². The predicted molar refractivity (Wildman–Crippen MR) is 122 cm³/mol. The van der Waals surface area contributed by atoms with Crippen LogP contribution in [0.1, 0.15) is 26.2 Å². The van der Waals surface area contributed by atoms with E-state index in [1.54, 1.807) is 12.1 Å². The molecule has 0 spiro atoms. The van der Waals surface area contributed by atoms with Crippen LogP contribution in [0.3, 0.4) is 0 Å². The SMILES string of the molecule is CC[C@H](Oc1cccc2ccccc12)C(=O)Nc1ccc(S(=O)(=O)N2CCCC2)cc1. The Morgan fingerprint density at radius 3 is 2.39 bits per heavy atom. The van der Waals surface area contributed by atoms with Crippen molar-refractivity contribution >= 4 is 32.4 Å². The molecule has 4 rings (SSSR count). The van der Waals surface area contributed by atoms with E-state index >= 15 is 0 Å². The Balaban J connectivity index is 1.46. The molecule has 1 aliphatic rings. The van der Waals surface area contributed by atoms with Gasteiger partial charge in [0.2, 0.25) is 10.0 Å². The molecule has 31 heavy (non-hydrogen) atoms. The van der Waals surface area contributed by atoms with Gasteiger partial charge in [0.05, 0.1) is 4.90 Å². The van der Waals surface area contributed by atoms with E-state index in [1.807, 2.05) is 49.4 Å². The lowest BCUT2D eigenvalue weighted by Crippen LogP contribution is -2.32. The molecule has 0 radical (unpaired) electrons. The minimum absolute atomic E-state index is 0.242. The minimum atomic E-state index is -3.47. The maximum absolute atomic E-state index is 12.8. The molecule has 0 bridgehead atoms. The number of hydrogen-bond acceptors (Lipinski definition) is 4. The van der Waals surface area contributed by atoms with Gasteiger partial charge in [-0.15, -0.1) is 0 Å². The summed E-state index contributed by atoms with van der Waals surface area (Å²) in [5, 5.41) is 4.84. The quantitative estimate of drug-likeness (QED) is 0.592. The van der Waals surface area contributed by atoms with Gasteiger partial charge in [0.15, 0.2) is 6.10 Å². The summed E-state index contributed by atoms with van der Waals surface area (Å²) in [5.74, 6) is 0.387. The molecule has 1 N–H and O–H groups in total. The van der Waals surface area contributed by atoms with Crippen molar-refractivity contribution in [1.82, 2.24) is 4.31 Å². The molecule has 6 nitrogen and oxygen atoms in total. The fraction of sp³-hybridized carbons (Fsp3) is 0.292. The van der Waals surface area contributed by atoms with Crippen molar-refractivity contribution in [3.8, 4) is 5.75 Å². The molecule has 0 saturated carbocycles. The van der Waals surface area contributed by atoms with Crippen molar-refractivity contribution in [2.24, 2.45) is 0 Å². The molecular weight excluding hydrogens is 412 g/mol. The second-order valence-corrected chi connectivity index (χ2v) is 9.55. The molecule has 1 heterocycles. The van der Waals surface area contributed by atoms with Crippen molar-refractivity contribution in [3.05, 3.63) is 66.7 Å². The van der Waals surface area contributed by atoms with Gasteiger partial charge in [-0.25, -0.2) is 8.42 Å². The molecule has 0 unspecified atom stereocenters. The number of carbonyl (C=O) groups excluding carboxylic acids is 1. The second kappa shape index (κ2) is 9.08. The number of benzene rings is 3. The van der Waals surface area contributed by atoms with E-state index in [4.69, 9.17) is 4.74 Å². The zero-order valence-electron chi connectivity index (χ0n) is 17.5. The van der Waals surface area contributed by atoms with Crippen LogP contribution in [0.25, 0.3) is 10.8 Å². The topological polar surface area (TPSA) is 75.7 Å². The van der Waals surface area contributed by atoms with E-state index in [0.29, 0.717) is 30.9 Å². The first kappa shape index (κ1) is 21.3. The maximum Gasteiger partial charge on any atom is 0.265 e. The average molecular weight is 439 g/mol. The molecule has 1 fully saturated rings. The van der Waals surface area contributed by atoms with Gasteiger partial charge in [-0.05, 0) is 55.0 Å². The summed E-state index contributed by atoms with van der Waals surface area (Å²) in [4.78, 5) is 13.1. The molecule has 1 aliphatic heterocycles. The summed E-state index contributed by atoms with van der Waals surface area (Å²) in [5.41, 5.74) is 0.533. The third-order valence-corrected chi connectivity index (χ3v) is 7.42. The van der Waals surface area contributed by atoms with E-state index in [9.17, 15) is 13.2 Å². The highest BCUT2D eigenvalue weighted by Crippen LogP contribution is 2.27. The van der Waals surface area contributed by atoms with E-state index < -0.39 is 16.1 Å². The average Bonchev–Trinajstić information content (AvgIpc) is 3.34. The lowest BCUT2D eigenvalue weighted by Gasteiger charge is -2.19. The fourth-order valence-corrected chi connectivity index (χ4v) is 5.30. The minimum Gasteiger partial charge on any atom is -0.480 e. The molecule has 1 atom stereocenters. The Morgan fingerprint density at radius 1 is 1.00 bits per heavy atom. The van der Waals surface area contributed by atoms with Gasteiger partial charge in [-0.3, -0.25) is 4.79 Å². The highest BCUT2D eigenvalue weighted by molar-refractivity contribution is 7.89. The van der Waals surface area contributed by atoms with Crippen molar-refractivity contribution < 1.29 is 17.9 Å². The monoisotopic (exact) mass is 438 g/mol. The van der Waals surface area contributed by atoms with Crippen LogP contribution in [0.15, 0.2) is 71.6 Å². The molecule has 162 valence electrons. The van der Waals surface area contributed by atoms with Gasteiger partial charge in [0.1, 0.15) is 5.75 Å². The lowest BCUT2D eigenvalue weighted by molar-refractivity contribution is -0.122. The van der Waals surface area contributed by atoms with Crippen molar-refractivity contribution in [1.29, 1.82) is 0 Å². The Labute approximate surface area is 182 Å². The van der Waals surface area contributed by atoms with Gasteiger partial charge >= 0.3 is 0 Å². The number of anilines is 1. The van der Waals surface area contributed by atoms with Gasteiger partial charge in [0, 0.05) is 24.2 Å². The van der Waals surface area contributed by atoms with Crippen LogP contribution in [-0.4, -0.2) is 37.8 Å². The summed E-state index contributed by atoms with van der Waals surface area (Å²) in [6, 6.07) is 19.9. The van der Waals surface area contributed by atoms with Crippen molar-refractivity contribution in [2.75, 3.05) is 18.4 Å². The van der Waals surface area contributed by atoms with Crippen LogP contribution < -0.4 is 10.1 Å². The normalized spacial score (nSPS) is 15.6. The lowest BCUT2D eigenvalue weighted by atomic mass is 10.1. The summed E-state index contributed by atoms with van der Waals surface area (Å²) in [7, 11) is -3.47. The smallest absolute Gasteiger partial charge is 0.265 e. The predicted octanol–water partition coefficient (Wildman–Crippen LogP) is 4.42. The number of carbonyl (C=O) groups is 1. The number of nitrogens with one attached hydrogen (secondary N) is 1. The Morgan fingerprint density at radius 2 is 1.68 bits per heavy atom.